The fourth-order valence-corrected chi connectivity index (χ4v) is 2.67. The Hall–Kier alpha value is -2.20. The Morgan fingerprint density at radius 1 is 1.17 bits per heavy atom. The van der Waals surface area contributed by atoms with Gasteiger partial charge < -0.3 is 15.4 Å². The number of benzene rings is 2. The first-order chi connectivity index (χ1) is 11.5. The number of hydrogen-bond donors (Lipinski definition) is 2. The van der Waals surface area contributed by atoms with Crippen molar-refractivity contribution in [3.05, 3.63) is 59.1 Å². The number of anilines is 1. The van der Waals surface area contributed by atoms with Crippen LogP contribution in [-0.4, -0.2) is 13.1 Å². The maximum atomic E-state index is 12.3. The molecule has 2 aromatic rings. The third kappa shape index (κ3) is 5.46. The summed E-state index contributed by atoms with van der Waals surface area (Å²) in [4.78, 5) is 12.3. The number of rotatable bonds is 6. The monoisotopic (exact) mass is 346 g/mol. The van der Waals surface area contributed by atoms with Crippen molar-refractivity contribution in [2.45, 2.75) is 26.3 Å². The number of ether oxygens (including phenoxy) is 1. The Balaban J connectivity index is 2.08. The van der Waals surface area contributed by atoms with Crippen LogP contribution in [0.25, 0.3) is 0 Å². The Labute approximate surface area is 148 Å². The molecule has 4 nitrogen and oxygen atoms in total. The van der Waals surface area contributed by atoms with E-state index in [9.17, 15) is 4.79 Å². The lowest BCUT2D eigenvalue weighted by Gasteiger charge is -2.21. The van der Waals surface area contributed by atoms with Crippen molar-refractivity contribution in [2.24, 2.45) is 5.92 Å². The van der Waals surface area contributed by atoms with E-state index in [-0.39, 0.29) is 12.1 Å². The van der Waals surface area contributed by atoms with E-state index in [0.717, 1.165) is 17.7 Å². The first kappa shape index (κ1) is 18.1. The molecule has 2 aromatic carbocycles. The first-order valence-electron chi connectivity index (χ1n) is 7.95. The summed E-state index contributed by atoms with van der Waals surface area (Å²) >= 11 is 5.94. The van der Waals surface area contributed by atoms with E-state index >= 15 is 0 Å². The molecule has 2 rings (SSSR count). The van der Waals surface area contributed by atoms with Gasteiger partial charge in [0.1, 0.15) is 5.75 Å². The van der Waals surface area contributed by atoms with Gasteiger partial charge in [0.05, 0.1) is 13.2 Å². The molecule has 0 aliphatic carbocycles. The third-order valence-corrected chi connectivity index (χ3v) is 3.85. The average Bonchev–Trinajstić information content (AvgIpc) is 2.54. The number of carbonyl (C=O) groups is 1. The van der Waals surface area contributed by atoms with Gasteiger partial charge in [0.25, 0.3) is 0 Å². The van der Waals surface area contributed by atoms with Crippen LogP contribution in [-0.2, 0) is 0 Å². The van der Waals surface area contributed by atoms with Crippen molar-refractivity contribution in [1.29, 1.82) is 0 Å². The summed E-state index contributed by atoms with van der Waals surface area (Å²) in [5.74, 6) is 1.24. The molecule has 1 unspecified atom stereocenters. The topological polar surface area (TPSA) is 50.4 Å². The molecule has 0 aliphatic heterocycles. The zero-order valence-electron chi connectivity index (χ0n) is 14.2. The van der Waals surface area contributed by atoms with Crippen molar-refractivity contribution >= 4 is 23.3 Å². The summed E-state index contributed by atoms with van der Waals surface area (Å²) < 4.78 is 5.19. The van der Waals surface area contributed by atoms with Crippen LogP contribution in [0.15, 0.2) is 48.5 Å². The number of hydrogen-bond acceptors (Lipinski definition) is 2. The van der Waals surface area contributed by atoms with Gasteiger partial charge in [-0.2, -0.15) is 0 Å². The molecule has 0 radical (unpaired) electrons. The maximum Gasteiger partial charge on any atom is 0.319 e. The molecule has 1 atom stereocenters. The summed E-state index contributed by atoms with van der Waals surface area (Å²) in [5, 5.41) is 6.44. The standard InChI is InChI=1S/C19H23ClN2O2/c1-13(2)11-18(14-7-9-17(24-3)10-8-14)22-19(23)21-16-6-4-5-15(20)12-16/h4-10,12-13,18H,11H2,1-3H3,(H2,21,22,23). The van der Waals surface area contributed by atoms with Crippen LogP contribution in [0.3, 0.4) is 0 Å². The zero-order chi connectivity index (χ0) is 17.5. The minimum absolute atomic E-state index is 0.0740. The molecule has 0 saturated carbocycles. The van der Waals surface area contributed by atoms with Gasteiger partial charge in [-0.25, -0.2) is 4.79 Å². The average molecular weight is 347 g/mol. The smallest absolute Gasteiger partial charge is 0.319 e. The fourth-order valence-electron chi connectivity index (χ4n) is 2.48. The van der Waals surface area contributed by atoms with Crippen LogP contribution in [0.5, 0.6) is 5.75 Å². The predicted octanol–water partition coefficient (Wildman–Crippen LogP) is 5.26. The van der Waals surface area contributed by atoms with Crippen LogP contribution in [0.4, 0.5) is 10.5 Å². The number of methoxy groups -OCH3 is 1. The lowest BCUT2D eigenvalue weighted by atomic mass is 9.97. The molecule has 24 heavy (non-hydrogen) atoms. The summed E-state index contributed by atoms with van der Waals surface area (Å²) in [6.07, 6.45) is 0.843. The summed E-state index contributed by atoms with van der Waals surface area (Å²) in [6.45, 7) is 4.26. The van der Waals surface area contributed by atoms with E-state index < -0.39 is 0 Å². The number of halogens is 1. The molecule has 0 heterocycles. The molecular weight excluding hydrogens is 324 g/mol. The highest BCUT2D eigenvalue weighted by Gasteiger charge is 2.16. The fraction of sp³-hybridized carbons (Fsp3) is 0.316. The zero-order valence-corrected chi connectivity index (χ0v) is 14.9. The minimum Gasteiger partial charge on any atom is -0.497 e. The Bertz CT molecular complexity index is 671. The van der Waals surface area contributed by atoms with Crippen LogP contribution in [0, 0.1) is 5.92 Å². The predicted molar refractivity (Wildman–Crippen MR) is 98.8 cm³/mol. The lowest BCUT2D eigenvalue weighted by molar-refractivity contribution is 0.246. The second-order valence-electron chi connectivity index (χ2n) is 6.06. The van der Waals surface area contributed by atoms with Gasteiger partial charge in [0.15, 0.2) is 0 Å². The van der Waals surface area contributed by atoms with E-state index in [2.05, 4.69) is 24.5 Å². The van der Waals surface area contributed by atoms with Gasteiger partial charge in [-0.15, -0.1) is 0 Å². The highest BCUT2D eigenvalue weighted by molar-refractivity contribution is 6.30. The van der Waals surface area contributed by atoms with Crippen LogP contribution >= 0.6 is 11.6 Å². The molecule has 0 aromatic heterocycles. The highest BCUT2D eigenvalue weighted by atomic mass is 35.5. The van der Waals surface area contributed by atoms with E-state index in [1.54, 1.807) is 31.4 Å². The van der Waals surface area contributed by atoms with Gasteiger partial charge in [-0.05, 0) is 48.2 Å². The molecule has 0 spiro atoms. The minimum atomic E-state index is -0.251. The van der Waals surface area contributed by atoms with Crippen molar-refractivity contribution < 1.29 is 9.53 Å². The molecule has 0 saturated heterocycles. The molecule has 5 heteroatoms. The molecule has 0 aliphatic rings. The SMILES string of the molecule is COc1ccc(C(CC(C)C)NC(=O)Nc2cccc(Cl)c2)cc1. The number of carbonyl (C=O) groups excluding carboxylic acids is 1. The number of amides is 2. The summed E-state index contributed by atoms with van der Waals surface area (Å²) in [7, 11) is 1.64. The van der Waals surface area contributed by atoms with Gasteiger partial charge >= 0.3 is 6.03 Å². The van der Waals surface area contributed by atoms with Crippen LogP contribution < -0.4 is 15.4 Å². The van der Waals surface area contributed by atoms with E-state index in [1.165, 1.54) is 0 Å². The van der Waals surface area contributed by atoms with E-state index in [0.29, 0.717) is 16.6 Å². The first-order valence-corrected chi connectivity index (χ1v) is 8.32. The Kier molecular flexibility index (Phi) is 6.50. The largest absolute Gasteiger partial charge is 0.497 e. The van der Waals surface area contributed by atoms with Crippen LogP contribution in [0.1, 0.15) is 31.9 Å². The summed E-state index contributed by atoms with van der Waals surface area (Å²) in [6, 6.07) is 14.5. The van der Waals surface area contributed by atoms with Crippen molar-refractivity contribution in [3.63, 3.8) is 0 Å². The van der Waals surface area contributed by atoms with Crippen molar-refractivity contribution in [3.8, 4) is 5.75 Å². The third-order valence-electron chi connectivity index (χ3n) is 3.61. The highest BCUT2D eigenvalue weighted by Crippen LogP contribution is 2.24. The van der Waals surface area contributed by atoms with Gasteiger partial charge in [-0.3, -0.25) is 0 Å². The molecule has 2 N–H and O–H groups in total. The molecule has 0 bridgehead atoms. The molecular formula is C19H23ClN2O2. The van der Waals surface area contributed by atoms with Crippen LogP contribution in [0.2, 0.25) is 5.02 Å². The second kappa shape index (κ2) is 8.60. The van der Waals surface area contributed by atoms with Gasteiger partial charge in [0, 0.05) is 10.7 Å². The normalized spacial score (nSPS) is 11.9. The summed E-state index contributed by atoms with van der Waals surface area (Å²) in [5.41, 5.74) is 1.71. The number of urea groups is 1. The Morgan fingerprint density at radius 3 is 2.46 bits per heavy atom. The van der Waals surface area contributed by atoms with E-state index in [4.69, 9.17) is 16.3 Å². The van der Waals surface area contributed by atoms with Crippen molar-refractivity contribution in [1.82, 2.24) is 5.32 Å². The molecule has 2 amide bonds. The maximum absolute atomic E-state index is 12.3. The Morgan fingerprint density at radius 2 is 1.88 bits per heavy atom. The van der Waals surface area contributed by atoms with Crippen molar-refractivity contribution in [2.75, 3.05) is 12.4 Å². The van der Waals surface area contributed by atoms with Gasteiger partial charge in [-0.1, -0.05) is 43.6 Å². The lowest BCUT2D eigenvalue weighted by Crippen LogP contribution is -2.33. The molecule has 128 valence electrons. The molecule has 0 fully saturated rings. The number of nitrogens with one attached hydrogen (secondary N) is 2. The van der Waals surface area contributed by atoms with E-state index in [1.807, 2.05) is 24.3 Å². The van der Waals surface area contributed by atoms with Gasteiger partial charge in [0.2, 0.25) is 0 Å². The quantitative estimate of drug-likeness (QED) is 0.749. The second-order valence-corrected chi connectivity index (χ2v) is 6.50.